The third-order valence-electron chi connectivity index (χ3n) is 5.84. The van der Waals surface area contributed by atoms with Gasteiger partial charge < -0.3 is 19.1 Å². The van der Waals surface area contributed by atoms with Gasteiger partial charge in [-0.15, -0.1) is 0 Å². The second kappa shape index (κ2) is 10.6. The molecule has 1 atom stereocenters. The van der Waals surface area contributed by atoms with E-state index in [2.05, 4.69) is 17.0 Å². The van der Waals surface area contributed by atoms with Gasteiger partial charge in [0.05, 0.1) is 12.7 Å². The molecule has 0 aromatic heterocycles. The number of benzene rings is 2. The first-order valence-electron chi connectivity index (χ1n) is 11.3. The first kappa shape index (κ1) is 21.7. The van der Waals surface area contributed by atoms with Crippen molar-refractivity contribution in [3.63, 3.8) is 0 Å². The normalized spacial score (nSPS) is 19.4. The van der Waals surface area contributed by atoms with E-state index in [1.807, 2.05) is 48.2 Å². The fourth-order valence-electron chi connectivity index (χ4n) is 4.09. The molecule has 166 valence electrons. The van der Waals surface area contributed by atoms with Crippen molar-refractivity contribution in [2.24, 2.45) is 0 Å². The van der Waals surface area contributed by atoms with E-state index in [-0.39, 0.29) is 12.0 Å². The molecule has 0 radical (unpaired) electrons. The fraction of sp³-hybridized carbons (Fsp3) is 0.480. The summed E-state index contributed by atoms with van der Waals surface area (Å²) < 4.78 is 17.0. The van der Waals surface area contributed by atoms with Gasteiger partial charge in [-0.3, -0.25) is 9.69 Å². The summed E-state index contributed by atoms with van der Waals surface area (Å²) in [6, 6.07) is 15.8. The molecule has 6 heteroatoms. The Labute approximate surface area is 184 Å². The molecular formula is C25H32N2O4. The summed E-state index contributed by atoms with van der Waals surface area (Å²) in [5.74, 6) is 1.71. The number of hydrogen-bond donors (Lipinski definition) is 0. The molecule has 0 saturated carbocycles. The van der Waals surface area contributed by atoms with Gasteiger partial charge in [0.2, 0.25) is 0 Å². The van der Waals surface area contributed by atoms with Crippen LogP contribution in [0.15, 0.2) is 48.5 Å². The number of rotatable bonds is 8. The molecule has 2 fully saturated rings. The van der Waals surface area contributed by atoms with Gasteiger partial charge in [0.1, 0.15) is 18.1 Å². The summed E-state index contributed by atoms with van der Waals surface area (Å²) in [4.78, 5) is 17.3. The Kier molecular flexibility index (Phi) is 7.43. The number of ether oxygens (including phenoxy) is 3. The number of carbonyl (C=O) groups excluding carboxylic acids is 1. The highest BCUT2D eigenvalue weighted by molar-refractivity contribution is 5.94. The Bertz CT molecular complexity index is 841. The largest absolute Gasteiger partial charge is 0.494 e. The Morgan fingerprint density at radius 2 is 1.84 bits per heavy atom. The van der Waals surface area contributed by atoms with E-state index in [4.69, 9.17) is 14.2 Å². The van der Waals surface area contributed by atoms with Crippen LogP contribution in [0.1, 0.15) is 35.7 Å². The van der Waals surface area contributed by atoms with Gasteiger partial charge in [-0.1, -0.05) is 18.2 Å². The quantitative estimate of drug-likeness (QED) is 0.648. The van der Waals surface area contributed by atoms with E-state index < -0.39 is 0 Å². The Morgan fingerprint density at radius 3 is 2.55 bits per heavy atom. The van der Waals surface area contributed by atoms with E-state index in [9.17, 15) is 4.79 Å². The molecule has 2 aliphatic rings. The Morgan fingerprint density at radius 1 is 1.03 bits per heavy atom. The lowest BCUT2D eigenvalue weighted by Gasteiger charge is -2.34. The van der Waals surface area contributed by atoms with Gasteiger partial charge in [-0.25, -0.2) is 0 Å². The van der Waals surface area contributed by atoms with Gasteiger partial charge in [0.25, 0.3) is 5.91 Å². The van der Waals surface area contributed by atoms with Crippen LogP contribution in [0.4, 0.5) is 0 Å². The highest BCUT2D eigenvalue weighted by Gasteiger charge is 2.23. The predicted octanol–water partition coefficient (Wildman–Crippen LogP) is 3.60. The summed E-state index contributed by atoms with van der Waals surface area (Å²) >= 11 is 0. The highest BCUT2D eigenvalue weighted by Crippen LogP contribution is 2.19. The third-order valence-corrected chi connectivity index (χ3v) is 5.84. The van der Waals surface area contributed by atoms with Gasteiger partial charge >= 0.3 is 0 Å². The molecule has 2 aliphatic heterocycles. The molecular weight excluding hydrogens is 392 g/mol. The van der Waals surface area contributed by atoms with E-state index in [0.717, 1.165) is 63.7 Å². The summed E-state index contributed by atoms with van der Waals surface area (Å²) in [5.41, 5.74) is 1.95. The molecule has 0 N–H and O–H groups in total. The zero-order valence-electron chi connectivity index (χ0n) is 18.3. The maximum Gasteiger partial charge on any atom is 0.254 e. The second-order valence-electron chi connectivity index (χ2n) is 8.12. The van der Waals surface area contributed by atoms with Crippen molar-refractivity contribution in [1.29, 1.82) is 0 Å². The first-order chi connectivity index (χ1) is 15.2. The molecule has 31 heavy (non-hydrogen) atoms. The van der Waals surface area contributed by atoms with Crippen LogP contribution in [0.25, 0.3) is 0 Å². The van der Waals surface area contributed by atoms with E-state index >= 15 is 0 Å². The van der Waals surface area contributed by atoms with Gasteiger partial charge in [-0.05, 0) is 55.7 Å². The summed E-state index contributed by atoms with van der Waals surface area (Å²) in [6.45, 7) is 8.12. The standard InChI is InChI=1S/C25H32N2O4/c1-2-29-22-10-8-20(9-11-22)18-26-12-14-27(15-13-26)25(28)21-5-3-6-23(17-21)31-19-24-7-4-16-30-24/h3,5-6,8-11,17,24H,2,4,7,12-16,18-19H2,1H3. The zero-order chi connectivity index (χ0) is 21.5. The van der Waals surface area contributed by atoms with Crippen molar-refractivity contribution in [3.8, 4) is 11.5 Å². The Hall–Kier alpha value is -2.57. The molecule has 2 heterocycles. The maximum absolute atomic E-state index is 13.0. The minimum Gasteiger partial charge on any atom is -0.494 e. The van der Waals surface area contributed by atoms with Gasteiger partial charge in [-0.2, -0.15) is 0 Å². The number of amides is 1. The molecule has 6 nitrogen and oxygen atoms in total. The van der Waals surface area contributed by atoms with Crippen molar-refractivity contribution in [1.82, 2.24) is 9.80 Å². The maximum atomic E-state index is 13.0. The number of hydrogen-bond acceptors (Lipinski definition) is 5. The predicted molar refractivity (Wildman–Crippen MR) is 120 cm³/mol. The van der Waals surface area contributed by atoms with Crippen LogP contribution in [0, 0.1) is 0 Å². The van der Waals surface area contributed by atoms with Crippen LogP contribution in [0.2, 0.25) is 0 Å². The lowest BCUT2D eigenvalue weighted by molar-refractivity contribution is 0.0625. The molecule has 1 unspecified atom stereocenters. The molecule has 2 aromatic rings. The first-order valence-corrected chi connectivity index (χ1v) is 11.3. The molecule has 0 aliphatic carbocycles. The SMILES string of the molecule is CCOc1ccc(CN2CCN(C(=O)c3cccc(OCC4CCCO4)c3)CC2)cc1. The van der Waals surface area contributed by atoms with Crippen LogP contribution in [-0.2, 0) is 11.3 Å². The molecule has 0 bridgehead atoms. The monoisotopic (exact) mass is 424 g/mol. The third kappa shape index (κ3) is 5.99. The van der Waals surface area contributed by atoms with Crippen molar-refractivity contribution in [2.45, 2.75) is 32.4 Å². The van der Waals surface area contributed by atoms with E-state index in [0.29, 0.717) is 18.8 Å². The number of piperazine rings is 1. The highest BCUT2D eigenvalue weighted by atomic mass is 16.5. The second-order valence-corrected chi connectivity index (χ2v) is 8.12. The van der Waals surface area contributed by atoms with Crippen molar-refractivity contribution in [2.75, 3.05) is 46.0 Å². The summed E-state index contributed by atoms with van der Waals surface area (Å²) in [7, 11) is 0. The van der Waals surface area contributed by atoms with Crippen LogP contribution < -0.4 is 9.47 Å². The van der Waals surface area contributed by atoms with E-state index in [1.165, 1.54) is 5.56 Å². The minimum absolute atomic E-state index is 0.0725. The molecule has 1 amide bonds. The minimum atomic E-state index is 0.0725. The number of nitrogens with zero attached hydrogens (tertiary/aromatic N) is 2. The average Bonchev–Trinajstić information content (AvgIpc) is 3.33. The fourth-order valence-corrected chi connectivity index (χ4v) is 4.09. The smallest absolute Gasteiger partial charge is 0.254 e. The molecule has 2 saturated heterocycles. The zero-order valence-corrected chi connectivity index (χ0v) is 18.3. The van der Waals surface area contributed by atoms with Crippen LogP contribution in [0.3, 0.4) is 0 Å². The lowest BCUT2D eigenvalue weighted by atomic mass is 10.1. The van der Waals surface area contributed by atoms with Crippen molar-refractivity contribution >= 4 is 5.91 Å². The molecule has 2 aromatic carbocycles. The van der Waals surface area contributed by atoms with Crippen LogP contribution >= 0.6 is 0 Å². The van der Waals surface area contributed by atoms with Crippen LogP contribution in [-0.4, -0.2) is 67.8 Å². The molecule has 4 rings (SSSR count). The lowest BCUT2D eigenvalue weighted by Crippen LogP contribution is -2.48. The van der Waals surface area contributed by atoms with Gasteiger partial charge in [0.15, 0.2) is 0 Å². The van der Waals surface area contributed by atoms with E-state index in [1.54, 1.807) is 0 Å². The topological polar surface area (TPSA) is 51.2 Å². The average molecular weight is 425 g/mol. The van der Waals surface area contributed by atoms with Gasteiger partial charge in [0, 0.05) is 44.9 Å². The summed E-state index contributed by atoms with van der Waals surface area (Å²) in [5, 5.41) is 0. The summed E-state index contributed by atoms with van der Waals surface area (Å²) in [6.07, 6.45) is 2.30. The van der Waals surface area contributed by atoms with Crippen molar-refractivity contribution in [3.05, 3.63) is 59.7 Å². The van der Waals surface area contributed by atoms with Crippen molar-refractivity contribution < 1.29 is 19.0 Å². The molecule has 0 spiro atoms. The number of carbonyl (C=O) groups is 1. The Balaban J connectivity index is 1.26. The van der Waals surface area contributed by atoms with Crippen LogP contribution in [0.5, 0.6) is 11.5 Å².